The number of benzene rings is 2. The van der Waals surface area contributed by atoms with Gasteiger partial charge >= 0.3 is 6.18 Å². The van der Waals surface area contributed by atoms with Crippen LogP contribution in [0.4, 0.5) is 18.9 Å². The first kappa shape index (κ1) is 13.9. The number of nitrogens with two attached hydrogens (primary N) is 1. The maximum Gasteiger partial charge on any atom is 0.418 e. The standard InChI is InChI=1S/C14H10F3NO2/c15-14(16,17)11-3-1-2-10(12(11)18)13(20)8-4-6-9(19)7-5-8/h1-7,19H,18H2. The number of hydrogen-bond donors (Lipinski definition) is 2. The maximum atomic E-state index is 12.7. The fourth-order valence-corrected chi connectivity index (χ4v) is 1.78. The van der Waals surface area contributed by atoms with Crippen LogP contribution in [-0.4, -0.2) is 10.9 Å². The molecule has 3 nitrogen and oxygen atoms in total. The molecule has 0 heterocycles. The van der Waals surface area contributed by atoms with Crippen LogP contribution in [0.15, 0.2) is 42.5 Å². The summed E-state index contributed by atoms with van der Waals surface area (Å²) in [7, 11) is 0. The number of anilines is 1. The molecule has 6 heteroatoms. The second-order valence-corrected chi connectivity index (χ2v) is 4.14. The summed E-state index contributed by atoms with van der Waals surface area (Å²) in [6.07, 6.45) is -4.62. The SMILES string of the molecule is Nc1c(C(=O)c2ccc(O)cc2)cccc1C(F)(F)F. The summed E-state index contributed by atoms with van der Waals surface area (Å²) in [5, 5.41) is 9.13. The van der Waals surface area contributed by atoms with Crippen molar-refractivity contribution in [3.05, 3.63) is 59.2 Å². The number of phenols is 1. The molecule has 0 aromatic heterocycles. The van der Waals surface area contributed by atoms with Gasteiger partial charge in [0.05, 0.1) is 11.3 Å². The van der Waals surface area contributed by atoms with Crippen molar-refractivity contribution < 1.29 is 23.1 Å². The molecule has 0 fully saturated rings. The summed E-state index contributed by atoms with van der Waals surface area (Å²) >= 11 is 0. The number of carbonyl (C=O) groups is 1. The highest BCUT2D eigenvalue weighted by Crippen LogP contribution is 2.35. The molecule has 0 radical (unpaired) electrons. The topological polar surface area (TPSA) is 63.3 Å². The Morgan fingerprint density at radius 3 is 2.20 bits per heavy atom. The number of aromatic hydroxyl groups is 1. The molecule has 2 aromatic rings. The molecule has 3 N–H and O–H groups in total. The van der Waals surface area contributed by atoms with E-state index in [1.165, 1.54) is 30.3 Å². The van der Waals surface area contributed by atoms with Crippen molar-refractivity contribution >= 4 is 11.5 Å². The Balaban J connectivity index is 2.48. The Bertz CT molecular complexity index is 648. The largest absolute Gasteiger partial charge is 0.508 e. The predicted octanol–water partition coefficient (Wildman–Crippen LogP) is 3.22. The summed E-state index contributed by atoms with van der Waals surface area (Å²) in [6.45, 7) is 0. The average Bonchev–Trinajstić information content (AvgIpc) is 2.37. The summed E-state index contributed by atoms with van der Waals surface area (Å²) < 4.78 is 38.2. The monoisotopic (exact) mass is 281 g/mol. The molecule has 0 bridgehead atoms. The van der Waals surface area contributed by atoms with E-state index in [1.54, 1.807) is 0 Å². The van der Waals surface area contributed by atoms with Crippen molar-refractivity contribution in [3.8, 4) is 5.75 Å². The summed E-state index contributed by atoms with van der Waals surface area (Å²) in [5.41, 5.74) is 3.74. The van der Waals surface area contributed by atoms with E-state index in [0.29, 0.717) is 0 Å². The van der Waals surface area contributed by atoms with Crippen molar-refractivity contribution in [1.29, 1.82) is 0 Å². The fourth-order valence-electron chi connectivity index (χ4n) is 1.78. The molecule has 0 spiro atoms. The van der Waals surface area contributed by atoms with Crippen LogP contribution in [0.3, 0.4) is 0 Å². The zero-order chi connectivity index (χ0) is 14.9. The average molecular weight is 281 g/mol. The van der Waals surface area contributed by atoms with Crippen molar-refractivity contribution in [2.24, 2.45) is 0 Å². The van der Waals surface area contributed by atoms with Gasteiger partial charge < -0.3 is 10.8 Å². The first-order chi connectivity index (χ1) is 9.30. The van der Waals surface area contributed by atoms with Gasteiger partial charge in [0.15, 0.2) is 5.78 Å². The van der Waals surface area contributed by atoms with E-state index in [9.17, 15) is 18.0 Å². The highest BCUT2D eigenvalue weighted by atomic mass is 19.4. The molecule has 2 rings (SSSR count). The van der Waals surface area contributed by atoms with Crippen molar-refractivity contribution in [1.82, 2.24) is 0 Å². The van der Waals surface area contributed by atoms with Gasteiger partial charge in [0.2, 0.25) is 0 Å². The van der Waals surface area contributed by atoms with Crippen LogP contribution in [0, 0.1) is 0 Å². The summed E-state index contributed by atoms with van der Waals surface area (Å²) in [5.74, 6) is -0.674. The van der Waals surface area contributed by atoms with Crippen LogP contribution in [-0.2, 0) is 6.18 Å². The third-order valence-electron chi connectivity index (χ3n) is 2.79. The number of alkyl halides is 3. The second kappa shape index (κ2) is 4.88. The maximum absolute atomic E-state index is 12.7. The number of carbonyl (C=O) groups excluding carboxylic acids is 1. The quantitative estimate of drug-likeness (QED) is 0.656. The molecule has 0 atom stereocenters. The summed E-state index contributed by atoms with van der Waals surface area (Å²) in [4.78, 5) is 12.1. The van der Waals surface area contributed by atoms with Crippen LogP contribution >= 0.6 is 0 Å². The molecular weight excluding hydrogens is 271 g/mol. The van der Waals surface area contributed by atoms with Gasteiger partial charge in [0, 0.05) is 11.1 Å². The van der Waals surface area contributed by atoms with Gasteiger partial charge in [-0.25, -0.2) is 0 Å². The lowest BCUT2D eigenvalue weighted by atomic mass is 9.98. The van der Waals surface area contributed by atoms with Crippen LogP contribution in [0.5, 0.6) is 5.75 Å². The molecule has 0 saturated carbocycles. The first-order valence-corrected chi connectivity index (χ1v) is 5.60. The third-order valence-corrected chi connectivity index (χ3v) is 2.79. The van der Waals surface area contributed by atoms with Gasteiger partial charge in [0.25, 0.3) is 0 Å². The van der Waals surface area contributed by atoms with Gasteiger partial charge in [-0.15, -0.1) is 0 Å². The highest BCUT2D eigenvalue weighted by Gasteiger charge is 2.34. The van der Waals surface area contributed by atoms with E-state index in [0.717, 1.165) is 12.1 Å². The number of hydrogen-bond acceptors (Lipinski definition) is 3. The third kappa shape index (κ3) is 2.59. The lowest BCUT2D eigenvalue weighted by Crippen LogP contribution is -2.13. The Morgan fingerprint density at radius 1 is 1.05 bits per heavy atom. The zero-order valence-corrected chi connectivity index (χ0v) is 10.1. The Morgan fingerprint density at radius 2 is 1.65 bits per heavy atom. The second-order valence-electron chi connectivity index (χ2n) is 4.14. The number of phenolic OH excluding ortho intramolecular Hbond substituents is 1. The predicted molar refractivity (Wildman–Crippen MR) is 67.4 cm³/mol. The molecule has 2 aromatic carbocycles. The molecule has 0 saturated heterocycles. The smallest absolute Gasteiger partial charge is 0.418 e. The highest BCUT2D eigenvalue weighted by molar-refractivity contribution is 6.12. The molecule has 20 heavy (non-hydrogen) atoms. The first-order valence-electron chi connectivity index (χ1n) is 5.60. The number of halogens is 3. The fraction of sp³-hybridized carbons (Fsp3) is 0.0714. The molecule has 0 unspecified atom stereocenters. The van der Waals surface area contributed by atoms with Crippen molar-refractivity contribution in [2.75, 3.05) is 5.73 Å². The van der Waals surface area contributed by atoms with E-state index in [2.05, 4.69) is 0 Å². The summed E-state index contributed by atoms with van der Waals surface area (Å²) in [6, 6.07) is 8.37. The minimum Gasteiger partial charge on any atom is -0.508 e. The molecular formula is C14H10F3NO2. The van der Waals surface area contributed by atoms with Crippen LogP contribution in [0.2, 0.25) is 0 Å². The van der Waals surface area contributed by atoms with E-state index in [-0.39, 0.29) is 16.9 Å². The number of ketones is 1. The zero-order valence-electron chi connectivity index (χ0n) is 10.1. The van der Waals surface area contributed by atoms with E-state index in [1.807, 2.05) is 0 Å². The Kier molecular flexibility index (Phi) is 3.40. The lowest BCUT2D eigenvalue weighted by Gasteiger charge is -2.12. The van der Waals surface area contributed by atoms with E-state index < -0.39 is 23.2 Å². The Hall–Kier alpha value is -2.50. The molecule has 0 amide bonds. The van der Waals surface area contributed by atoms with Gasteiger partial charge in [0.1, 0.15) is 5.75 Å². The molecule has 104 valence electrons. The minimum atomic E-state index is -4.62. The van der Waals surface area contributed by atoms with Crippen LogP contribution in [0.25, 0.3) is 0 Å². The van der Waals surface area contributed by atoms with E-state index in [4.69, 9.17) is 10.8 Å². The van der Waals surface area contributed by atoms with Gasteiger partial charge in [-0.1, -0.05) is 6.07 Å². The van der Waals surface area contributed by atoms with Crippen LogP contribution in [0.1, 0.15) is 21.5 Å². The lowest BCUT2D eigenvalue weighted by molar-refractivity contribution is -0.136. The van der Waals surface area contributed by atoms with Gasteiger partial charge in [-0.05, 0) is 36.4 Å². The van der Waals surface area contributed by atoms with Crippen molar-refractivity contribution in [2.45, 2.75) is 6.18 Å². The van der Waals surface area contributed by atoms with Gasteiger partial charge in [-0.3, -0.25) is 4.79 Å². The molecule has 0 aliphatic rings. The molecule has 0 aliphatic carbocycles. The number of para-hydroxylation sites is 1. The number of rotatable bonds is 2. The number of nitrogen functional groups attached to an aromatic ring is 1. The van der Waals surface area contributed by atoms with Crippen LogP contribution < -0.4 is 5.73 Å². The Labute approximate surface area is 112 Å². The van der Waals surface area contributed by atoms with Crippen molar-refractivity contribution in [3.63, 3.8) is 0 Å². The molecule has 0 aliphatic heterocycles. The normalized spacial score (nSPS) is 11.3. The van der Waals surface area contributed by atoms with E-state index >= 15 is 0 Å². The van der Waals surface area contributed by atoms with Gasteiger partial charge in [-0.2, -0.15) is 13.2 Å². The minimum absolute atomic E-state index is 0.0430.